The van der Waals surface area contributed by atoms with Gasteiger partial charge in [0.1, 0.15) is 0 Å². The van der Waals surface area contributed by atoms with Gasteiger partial charge in [-0.2, -0.15) is 0 Å². The monoisotopic (exact) mass is 480 g/mol. The van der Waals surface area contributed by atoms with Crippen molar-refractivity contribution in [2.45, 2.75) is 113 Å². The Labute approximate surface area is 188 Å². The molecule has 0 spiro atoms. The predicted molar refractivity (Wildman–Crippen MR) is 113 cm³/mol. The van der Waals surface area contributed by atoms with Gasteiger partial charge in [-0.1, -0.05) is 96.3 Å². The van der Waals surface area contributed by atoms with E-state index in [1.807, 2.05) is 0 Å². The molecule has 0 aromatic rings. The summed E-state index contributed by atoms with van der Waals surface area (Å²) >= 11 is 0. The molecule has 6 heteroatoms. The van der Waals surface area contributed by atoms with Crippen molar-refractivity contribution < 1.29 is 46.3 Å². The molecular weight excluding hydrogens is 436 g/mol. The minimum absolute atomic E-state index is 0. The topological polar surface area (TPSA) is 80.9 Å². The van der Waals surface area contributed by atoms with Crippen LogP contribution in [0.15, 0.2) is 0 Å². The molecule has 3 aliphatic carbocycles. The van der Waals surface area contributed by atoms with Crippen LogP contribution in [0.3, 0.4) is 0 Å². The second kappa shape index (κ2) is 18.9. The molecule has 3 rings (SSSR count). The largest absolute Gasteiger partial charge is 0.431 e. The third kappa shape index (κ3) is 9.09. The second-order valence-corrected chi connectivity index (χ2v) is 12.1. The average molecular weight is 482 g/mol. The van der Waals surface area contributed by atoms with Crippen LogP contribution in [0.1, 0.15) is 96.3 Å². The molecule has 0 bridgehead atoms. The van der Waals surface area contributed by atoms with Gasteiger partial charge in [-0.15, -0.1) is 0 Å². The van der Waals surface area contributed by atoms with Gasteiger partial charge in [0.25, 0.3) is 0 Å². The molecule has 4 nitrogen and oxygen atoms in total. The molecule has 27 heavy (non-hydrogen) atoms. The first-order chi connectivity index (χ1) is 12.8. The van der Waals surface area contributed by atoms with Crippen molar-refractivity contribution in [1.29, 1.82) is 0 Å². The van der Waals surface area contributed by atoms with Crippen molar-refractivity contribution in [3.63, 3.8) is 0 Å². The van der Waals surface area contributed by atoms with Crippen LogP contribution in [0.5, 0.6) is 0 Å². The first-order valence-electron chi connectivity index (χ1n) is 10.9. The number of aliphatic hydroxyl groups is 3. The van der Waals surface area contributed by atoms with Crippen LogP contribution < -0.4 is 0 Å². The Hall–Kier alpha value is 0.940. The fourth-order valence-corrected chi connectivity index (χ4v) is 11.7. The average Bonchev–Trinajstić information content (AvgIpc) is 2.79. The normalized spacial score (nSPS) is 21.9. The molecule has 0 amide bonds. The van der Waals surface area contributed by atoms with E-state index in [-0.39, 0.29) is 26.2 Å². The van der Waals surface area contributed by atoms with Crippen LogP contribution >= 0.6 is 0 Å². The number of aliphatic hydroxyl groups excluding tert-OH is 3. The zero-order valence-corrected chi connectivity index (χ0v) is 21.6. The van der Waals surface area contributed by atoms with E-state index in [1.165, 1.54) is 96.3 Å². The summed E-state index contributed by atoms with van der Waals surface area (Å²) in [6.07, 6.45) is 20.9. The summed E-state index contributed by atoms with van der Waals surface area (Å²) < 4.78 is 0. The van der Waals surface area contributed by atoms with Crippen LogP contribution in [0.2, 0.25) is 16.6 Å². The van der Waals surface area contributed by atoms with Crippen molar-refractivity contribution in [2.24, 2.45) is 0 Å². The van der Waals surface area contributed by atoms with Gasteiger partial charge in [0.05, 0.1) is 0 Å². The van der Waals surface area contributed by atoms with E-state index in [9.17, 15) is 4.80 Å². The van der Waals surface area contributed by atoms with Crippen molar-refractivity contribution in [2.75, 3.05) is 21.3 Å². The van der Waals surface area contributed by atoms with E-state index in [2.05, 4.69) is 0 Å². The summed E-state index contributed by atoms with van der Waals surface area (Å²) in [5.74, 6) is 0. The van der Waals surface area contributed by atoms with Crippen molar-refractivity contribution in [3.8, 4) is 0 Å². The van der Waals surface area contributed by atoms with Gasteiger partial charge < -0.3 is 20.1 Å². The number of hydrogen-bond donors (Lipinski definition) is 4. The molecule has 0 atom stereocenters. The molecule has 0 aliphatic heterocycles. The summed E-state index contributed by atoms with van der Waals surface area (Å²) in [6, 6.07) is 0. The van der Waals surface area contributed by atoms with Crippen LogP contribution in [0, 0.1) is 0 Å². The van der Waals surface area contributed by atoms with Crippen LogP contribution in [0.25, 0.3) is 0 Å². The second-order valence-electron chi connectivity index (χ2n) is 7.89. The van der Waals surface area contributed by atoms with Crippen molar-refractivity contribution in [1.82, 2.24) is 0 Å². The Morgan fingerprint density at radius 3 is 0.815 bits per heavy atom. The summed E-state index contributed by atoms with van der Waals surface area (Å²) in [7, 11) is 0.953. The first-order valence-corrected chi connectivity index (χ1v) is 13.1. The van der Waals surface area contributed by atoms with Gasteiger partial charge in [0.15, 0.2) is 8.32 Å². The van der Waals surface area contributed by atoms with Crippen LogP contribution in [0.4, 0.5) is 0 Å². The predicted octanol–water partition coefficient (Wildman–Crippen LogP) is 4.75. The Morgan fingerprint density at radius 2 is 0.630 bits per heavy atom. The van der Waals surface area contributed by atoms with Crippen LogP contribution in [-0.2, 0) is 26.2 Å². The van der Waals surface area contributed by atoms with Gasteiger partial charge in [0.2, 0.25) is 0 Å². The molecule has 162 valence electrons. The Balaban J connectivity index is 0. The Bertz CT molecular complexity index is 257. The Kier molecular flexibility index (Phi) is 21.1. The van der Waals surface area contributed by atoms with Crippen molar-refractivity contribution >= 4 is 8.32 Å². The van der Waals surface area contributed by atoms with Gasteiger partial charge in [-0.25, -0.2) is 0 Å². The summed E-state index contributed by atoms with van der Waals surface area (Å²) in [5, 5.41) is 21.0. The fourth-order valence-electron chi connectivity index (χ4n) is 5.70. The molecule has 3 aliphatic rings. The molecule has 0 saturated heterocycles. The molecule has 3 fully saturated rings. The summed E-state index contributed by atoms with van der Waals surface area (Å²) in [4.78, 5) is 12.0. The molecule has 0 heterocycles. The molecule has 0 radical (unpaired) electrons. The van der Waals surface area contributed by atoms with Crippen molar-refractivity contribution in [3.05, 3.63) is 0 Å². The third-order valence-corrected chi connectivity index (χ3v) is 12.4. The molecular formula is C21H46O4SiZr. The molecule has 0 aromatic heterocycles. The quantitative estimate of drug-likeness (QED) is 0.439. The van der Waals surface area contributed by atoms with Gasteiger partial charge in [0, 0.05) is 47.5 Å². The van der Waals surface area contributed by atoms with E-state index in [0.717, 1.165) is 38.0 Å². The molecule has 4 N–H and O–H groups in total. The molecule has 3 saturated carbocycles. The minimum Gasteiger partial charge on any atom is -0.431 e. The summed E-state index contributed by atoms with van der Waals surface area (Å²) in [5.41, 5.74) is 2.30. The maximum Gasteiger partial charge on any atom is 0.197 e. The van der Waals surface area contributed by atoms with E-state index in [0.29, 0.717) is 0 Å². The summed E-state index contributed by atoms with van der Waals surface area (Å²) in [6.45, 7) is 0. The van der Waals surface area contributed by atoms with Crippen LogP contribution in [-0.4, -0.2) is 49.8 Å². The standard InChI is InChI=1S/C18H34OSi.3CH4O.Zr/c19-20(16-10-4-1-5-11-16,17-12-6-2-7-13-17)18-14-8-3-9-15-18;3*1-2;/h16-19H,1-15H2;3*2H,1H3;. The minimum atomic E-state index is -2.05. The SMILES string of the molecule is CO.CO.CO.O[Si](C1CCCCC1)(C1CCCCC1)C1CCCCC1.[Zr]. The van der Waals surface area contributed by atoms with Gasteiger partial charge in [-0.05, 0) is 16.6 Å². The zero-order chi connectivity index (χ0) is 19.8. The van der Waals surface area contributed by atoms with E-state index in [4.69, 9.17) is 15.3 Å². The van der Waals surface area contributed by atoms with Gasteiger partial charge in [-0.3, -0.25) is 0 Å². The molecule has 0 unspecified atom stereocenters. The van der Waals surface area contributed by atoms with E-state index < -0.39 is 8.32 Å². The van der Waals surface area contributed by atoms with E-state index in [1.54, 1.807) is 0 Å². The zero-order valence-electron chi connectivity index (χ0n) is 18.1. The number of hydrogen-bond acceptors (Lipinski definition) is 4. The smallest absolute Gasteiger partial charge is 0.197 e. The maximum atomic E-state index is 12.0. The Morgan fingerprint density at radius 1 is 0.444 bits per heavy atom. The maximum absolute atomic E-state index is 12.0. The van der Waals surface area contributed by atoms with E-state index >= 15 is 0 Å². The number of rotatable bonds is 3. The first kappa shape index (κ1) is 30.1. The van der Waals surface area contributed by atoms with Gasteiger partial charge >= 0.3 is 0 Å². The fraction of sp³-hybridized carbons (Fsp3) is 1.00. The third-order valence-electron chi connectivity index (χ3n) is 6.78. The molecule has 0 aromatic carbocycles.